The monoisotopic (exact) mass is 256 g/mol. The second kappa shape index (κ2) is 8.36. The highest BCUT2D eigenvalue weighted by Crippen LogP contribution is 2.29. The molecule has 0 amide bonds. The van der Waals surface area contributed by atoms with Crippen LogP contribution in [-0.2, 0) is 0 Å². The topological polar surface area (TPSA) is 20.2 Å². The molecule has 0 spiro atoms. The van der Waals surface area contributed by atoms with Crippen LogP contribution in [0, 0.1) is 0 Å². The predicted octanol–water partition coefficient (Wildman–Crippen LogP) is 5.66. The first-order valence-corrected chi connectivity index (χ1v) is 7.10. The standard InChI is InChI=1S/C18H24O/c1-4-7-10-15-13-14-16(11-8-5-2)18(19)17(15)12-9-6-3/h7-14,19H,4-6H2,1-3H3/b10-7+,11-8+,12-9+. The summed E-state index contributed by atoms with van der Waals surface area (Å²) in [6.45, 7) is 6.29. The van der Waals surface area contributed by atoms with Gasteiger partial charge in [-0.05, 0) is 24.8 Å². The average molecular weight is 256 g/mol. The SMILES string of the molecule is CC/C=C/c1ccc(/C=C/CC)c(/C=C/CC)c1O. The summed E-state index contributed by atoms with van der Waals surface area (Å²) in [4.78, 5) is 0. The molecule has 1 N–H and O–H groups in total. The van der Waals surface area contributed by atoms with Crippen LogP contribution in [0.2, 0.25) is 0 Å². The molecular weight excluding hydrogens is 232 g/mol. The van der Waals surface area contributed by atoms with Crippen molar-refractivity contribution in [1.82, 2.24) is 0 Å². The molecule has 1 heteroatoms. The van der Waals surface area contributed by atoms with Crippen LogP contribution in [-0.4, -0.2) is 5.11 Å². The maximum absolute atomic E-state index is 10.4. The number of hydrogen-bond acceptors (Lipinski definition) is 1. The smallest absolute Gasteiger partial charge is 0.130 e. The fourth-order valence-corrected chi connectivity index (χ4v) is 1.82. The fraction of sp³-hybridized carbons (Fsp3) is 0.333. The van der Waals surface area contributed by atoms with Crippen LogP contribution in [0.4, 0.5) is 0 Å². The van der Waals surface area contributed by atoms with Gasteiger partial charge in [0.25, 0.3) is 0 Å². The molecule has 102 valence electrons. The Morgan fingerprint density at radius 1 is 0.789 bits per heavy atom. The molecule has 1 rings (SSSR count). The van der Waals surface area contributed by atoms with E-state index in [1.807, 2.05) is 18.2 Å². The van der Waals surface area contributed by atoms with Crippen LogP contribution < -0.4 is 0 Å². The molecule has 0 unspecified atom stereocenters. The van der Waals surface area contributed by atoms with E-state index in [1.54, 1.807) is 0 Å². The summed E-state index contributed by atoms with van der Waals surface area (Å²) in [5.74, 6) is 0.368. The van der Waals surface area contributed by atoms with Gasteiger partial charge in [-0.3, -0.25) is 0 Å². The van der Waals surface area contributed by atoms with Crippen LogP contribution in [0.25, 0.3) is 18.2 Å². The number of aromatic hydroxyl groups is 1. The second-order valence-electron chi connectivity index (χ2n) is 4.44. The molecule has 0 heterocycles. The fourth-order valence-electron chi connectivity index (χ4n) is 1.82. The molecule has 1 aromatic rings. The molecule has 0 atom stereocenters. The van der Waals surface area contributed by atoms with Gasteiger partial charge in [0, 0.05) is 11.1 Å². The quantitative estimate of drug-likeness (QED) is 0.696. The van der Waals surface area contributed by atoms with Gasteiger partial charge in [-0.15, -0.1) is 0 Å². The first-order chi connectivity index (χ1) is 9.24. The van der Waals surface area contributed by atoms with Crippen molar-refractivity contribution in [2.45, 2.75) is 40.0 Å². The Kier molecular flexibility index (Phi) is 6.73. The summed E-state index contributed by atoms with van der Waals surface area (Å²) in [7, 11) is 0. The Labute approximate surface area is 117 Å². The van der Waals surface area contributed by atoms with Crippen molar-refractivity contribution in [2.24, 2.45) is 0 Å². The summed E-state index contributed by atoms with van der Waals surface area (Å²) in [6, 6.07) is 4.04. The molecule has 19 heavy (non-hydrogen) atoms. The molecular formula is C18H24O. The molecule has 1 aromatic carbocycles. The van der Waals surface area contributed by atoms with Gasteiger partial charge >= 0.3 is 0 Å². The number of rotatable bonds is 6. The normalized spacial score (nSPS) is 12.2. The van der Waals surface area contributed by atoms with E-state index in [2.05, 4.69) is 51.1 Å². The van der Waals surface area contributed by atoms with Crippen LogP contribution in [0.15, 0.2) is 30.4 Å². The average Bonchev–Trinajstić information content (AvgIpc) is 2.43. The molecule has 0 fully saturated rings. The molecule has 0 aliphatic rings. The lowest BCUT2D eigenvalue weighted by molar-refractivity contribution is 0.472. The lowest BCUT2D eigenvalue weighted by Gasteiger charge is -2.08. The van der Waals surface area contributed by atoms with Crippen molar-refractivity contribution in [3.63, 3.8) is 0 Å². The summed E-state index contributed by atoms with van der Waals surface area (Å²) >= 11 is 0. The molecule has 0 aliphatic heterocycles. The lowest BCUT2D eigenvalue weighted by atomic mass is 10.00. The van der Waals surface area contributed by atoms with E-state index in [0.717, 1.165) is 36.0 Å². The van der Waals surface area contributed by atoms with Gasteiger partial charge < -0.3 is 5.11 Å². The van der Waals surface area contributed by atoms with Gasteiger partial charge in [0.15, 0.2) is 0 Å². The zero-order valence-electron chi connectivity index (χ0n) is 12.2. The second-order valence-corrected chi connectivity index (χ2v) is 4.44. The van der Waals surface area contributed by atoms with Gasteiger partial charge in [-0.25, -0.2) is 0 Å². The molecule has 0 radical (unpaired) electrons. The number of allylic oxidation sites excluding steroid dienone is 3. The van der Waals surface area contributed by atoms with Crippen LogP contribution in [0.3, 0.4) is 0 Å². The molecule has 0 aliphatic carbocycles. The highest BCUT2D eigenvalue weighted by molar-refractivity contribution is 5.75. The first kappa shape index (κ1) is 15.3. The minimum atomic E-state index is 0.368. The summed E-state index contributed by atoms with van der Waals surface area (Å²) < 4.78 is 0. The summed E-state index contributed by atoms with van der Waals surface area (Å²) in [5.41, 5.74) is 2.86. The van der Waals surface area contributed by atoms with Crippen LogP contribution in [0.1, 0.15) is 56.7 Å². The third kappa shape index (κ3) is 4.44. The van der Waals surface area contributed by atoms with E-state index < -0.39 is 0 Å². The van der Waals surface area contributed by atoms with E-state index in [-0.39, 0.29) is 0 Å². The van der Waals surface area contributed by atoms with Crippen molar-refractivity contribution >= 4 is 18.2 Å². The van der Waals surface area contributed by atoms with Crippen LogP contribution in [0.5, 0.6) is 5.75 Å². The zero-order valence-corrected chi connectivity index (χ0v) is 12.2. The van der Waals surface area contributed by atoms with Crippen molar-refractivity contribution in [1.29, 1.82) is 0 Å². The first-order valence-electron chi connectivity index (χ1n) is 7.10. The van der Waals surface area contributed by atoms with E-state index >= 15 is 0 Å². The highest BCUT2D eigenvalue weighted by atomic mass is 16.3. The Morgan fingerprint density at radius 2 is 1.26 bits per heavy atom. The lowest BCUT2D eigenvalue weighted by Crippen LogP contribution is -1.86. The van der Waals surface area contributed by atoms with E-state index in [9.17, 15) is 5.11 Å². The minimum Gasteiger partial charge on any atom is -0.507 e. The predicted molar refractivity (Wildman–Crippen MR) is 86.1 cm³/mol. The van der Waals surface area contributed by atoms with Crippen molar-refractivity contribution in [3.8, 4) is 5.75 Å². The molecule has 1 nitrogen and oxygen atoms in total. The summed E-state index contributed by atoms with van der Waals surface area (Å²) in [6.07, 6.45) is 15.2. The minimum absolute atomic E-state index is 0.368. The number of phenols is 1. The van der Waals surface area contributed by atoms with E-state index in [0.29, 0.717) is 5.75 Å². The van der Waals surface area contributed by atoms with Gasteiger partial charge in [-0.1, -0.05) is 69.4 Å². The van der Waals surface area contributed by atoms with Crippen molar-refractivity contribution in [3.05, 3.63) is 47.1 Å². The molecule has 0 aromatic heterocycles. The summed E-state index contributed by atoms with van der Waals surface area (Å²) in [5, 5.41) is 10.4. The Balaban J connectivity index is 3.27. The van der Waals surface area contributed by atoms with E-state index in [1.165, 1.54) is 0 Å². The van der Waals surface area contributed by atoms with Crippen molar-refractivity contribution in [2.75, 3.05) is 0 Å². The van der Waals surface area contributed by atoms with Gasteiger partial charge in [0.1, 0.15) is 5.75 Å². The Morgan fingerprint density at radius 3 is 1.84 bits per heavy atom. The molecule has 0 saturated carbocycles. The van der Waals surface area contributed by atoms with Crippen LogP contribution >= 0.6 is 0 Å². The zero-order chi connectivity index (χ0) is 14.1. The molecule has 0 bridgehead atoms. The number of hydrogen-bond donors (Lipinski definition) is 1. The third-order valence-electron chi connectivity index (χ3n) is 2.87. The third-order valence-corrected chi connectivity index (χ3v) is 2.87. The maximum atomic E-state index is 10.4. The van der Waals surface area contributed by atoms with Gasteiger partial charge in [-0.2, -0.15) is 0 Å². The number of phenolic OH excluding ortho intramolecular Hbond substituents is 1. The largest absolute Gasteiger partial charge is 0.507 e. The van der Waals surface area contributed by atoms with Crippen molar-refractivity contribution < 1.29 is 5.11 Å². The highest BCUT2D eigenvalue weighted by Gasteiger charge is 2.06. The Bertz CT molecular complexity index is 479. The molecule has 0 saturated heterocycles. The number of benzene rings is 1. The van der Waals surface area contributed by atoms with Gasteiger partial charge in [0.2, 0.25) is 0 Å². The van der Waals surface area contributed by atoms with E-state index in [4.69, 9.17) is 0 Å². The van der Waals surface area contributed by atoms with Gasteiger partial charge in [0.05, 0.1) is 0 Å². The maximum Gasteiger partial charge on any atom is 0.130 e. The Hall–Kier alpha value is -1.76.